The first kappa shape index (κ1) is 23.2. The third-order valence-electron chi connectivity index (χ3n) is 4.85. The van der Waals surface area contributed by atoms with Crippen molar-refractivity contribution < 1.29 is 22.3 Å². The average molecular weight is 505 g/mol. The first-order valence-corrected chi connectivity index (χ1v) is 12.7. The quantitative estimate of drug-likeness (QED) is 0.319. The van der Waals surface area contributed by atoms with E-state index in [1.807, 2.05) is 35.7 Å². The Hall–Kier alpha value is -3.01. The number of nitrogens with one attached hydrogen (secondary N) is 1. The van der Waals surface area contributed by atoms with Gasteiger partial charge in [-0.25, -0.2) is 8.42 Å². The van der Waals surface area contributed by atoms with Crippen LogP contribution in [0.25, 0.3) is 10.8 Å². The molecule has 0 aliphatic carbocycles. The number of oxazole rings is 1. The summed E-state index contributed by atoms with van der Waals surface area (Å²) in [7, 11) is -0.771. The number of anilines is 1. The Morgan fingerprint density at radius 3 is 2.48 bits per heavy atom. The van der Waals surface area contributed by atoms with Crippen molar-refractivity contribution in [1.29, 1.82) is 0 Å². The molecule has 0 bridgehead atoms. The van der Waals surface area contributed by atoms with Crippen LogP contribution in [0.2, 0.25) is 5.02 Å². The molecule has 0 saturated heterocycles. The lowest BCUT2D eigenvalue weighted by Crippen LogP contribution is -2.10. The van der Waals surface area contributed by atoms with Crippen LogP contribution in [0.1, 0.15) is 5.56 Å². The molecule has 33 heavy (non-hydrogen) atoms. The third kappa shape index (κ3) is 5.00. The maximum atomic E-state index is 13.3. The molecule has 4 aromatic rings. The van der Waals surface area contributed by atoms with E-state index in [-0.39, 0.29) is 21.7 Å². The van der Waals surface area contributed by atoms with Gasteiger partial charge in [-0.1, -0.05) is 23.7 Å². The minimum absolute atomic E-state index is 0.0841. The van der Waals surface area contributed by atoms with Gasteiger partial charge in [0.25, 0.3) is 0 Å². The van der Waals surface area contributed by atoms with Crippen molar-refractivity contribution in [2.24, 2.45) is 0 Å². The minimum Gasteiger partial charge on any atom is -0.493 e. The van der Waals surface area contributed by atoms with Gasteiger partial charge in [0.1, 0.15) is 0 Å². The molecular weight excluding hydrogens is 484 g/mol. The average Bonchev–Trinajstić information content (AvgIpc) is 3.50. The Bertz CT molecular complexity index is 1330. The highest BCUT2D eigenvalue weighted by Gasteiger charge is 2.28. The van der Waals surface area contributed by atoms with Crippen LogP contribution in [0.5, 0.6) is 11.5 Å². The normalized spacial score (nSPS) is 11.4. The van der Waals surface area contributed by atoms with Gasteiger partial charge in [0.05, 0.1) is 24.0 Å². The Balaban J connectivity index is 1.61. The number of hydrogen-bond acceptors (Lipinski definition) is 8. The summed E-state index contributed by atoms with van der Waals surface area (Å²) in [5.74, 6) is 1.60. The van der Waals surface area contributed by atoms with Crippen LogP contribution in [-0.2, 0) is 16.3 Å². The number of rotatable bonds is 9. The van der Waals surface area contributed by atoms with E-state index in [1.54, 1.807) is 14.2 Å². The van der Waals surface area contributed by atoms with Gasteiger partial charge in [0, 0.05) is 11.6 Å². The van der Waals surface area contributed by atoms with Crippen LogP contribution >= 0.6 is 22.9 Å². The fourth-order valence-electron chi connectivity index (χ4n) is 3.19. The predicted octanol–water partition coefficient (Wildman–Crippen LogP) is 5.56. The summed E-state index contributed by atoms with van der Waals surface area (Å²) in [5, 5.41) is 5.25. The van der Waals surface area contributed by atoms with Crippen LogP contribution in [0.15, 0.2) is 74.3 Å². The van der Waals surface area contributed by atoms with E-state index >= 15 is 0 Å². The van der Waals surface area contributed by atoms with E-state index in [1.165, 1.54) is 35.6 Å². The van der Waals surface area contributed by atoms with Crippen molar-refractivity contribution in [3.05, 3.63) is 70.6 Å². The summed E-state index contributed by atoms with van der Waals surface area (Å²) in [6.45, 7) is 0.414. The largest absolute Gasteiger partial charge is 0.493 e. The molecular formula is C23H21ClN2O5S2. The topological polar surface area (TPSA) is 90.7 Å². The highest BCUT2D eigenvalue weighted by Crippen LogP contribution is 2.34. The number of nitrogens with zero attached hydrogens (tertiary/aromatic N) is 1. The second-order valence-corrected chi connectivity index (χ2v) is 10.2. The van der Waals surface area contributed by atoms with Crippen LogP contribution in [0, 0.1) is 0 Å². The lowest BCUT2D eigenvalue weighted by Gasteiger charge is -2.10. The lowest BCUT2D eigenvalue weighted by atomic mass is 10.1. The summed E-state index contributed by atoms with van der Waals surface area (Å²) in [4.78, 5) is 5.14. The van der Waals surface area contributed by atoms with Crippen molar-refractivity contribution in [3.63, 3.8) is 0 Å². The summed E-state index contributed by atoms with van der Waals surface area (Å²) in [6.07, 6.45) is 0.593. The zero-order valence-corrected chi connectivity index (χ0v) is 20.3. The Morgan fingerprint density at radius 1 is 1.06 bits per heavy atom. The lowest BCUT2D eigenvalue weighted by molar-refractivity contribution is 0.354. The number of halogens is 1. The fourth-order valence-corrected chi connectivity index (χ4v) is 5.24. The Kier molecular flexibility index (Phi) is 6.92. The first-order chi connectivity index (χ1) is 15.9. The van der Waals surface area contributed by atoms with Crippen molar-refractivity contribution in [3.8, 4) is 22.3 Å². The molecule has 0 aliphatic heterocycles. The van der Waals surface area contributed by atoms with Gasteiger partial charge in [-0.3, -0.25) is 0 Å². The van der Waals surface area contributed by atoms with Crippen LogP contribution in [0.3, 0.4) is 0 Å². The second-order valence-electron chi connectivity index (χ2n) is 6.95. The number of sulfone groups is 1. The first-order valence-electron chi connectivity index (χ1n) is 9.92. The SMILES string of the molecule is COc1ccc(CCNc2oc(-c3cccs3)nc2S(=O)(=O)c2ccc(Cl)cc2)cc1OC. The standard InChI is InChI=1S/C23H21ClN2O5S2/c1-29-18-10-5-15(14-19(18)30-2)11-12-25-22-23(26-21(31-22)20-4-3-13-32-20)33(27,28)17-8-6-16(24)7-9-17/h3-10,13-14,25H,11-12H2,1-2H3. The van der Waals surface area contributed by atoms with E-state index in [0.29, 0.717) is 29.5 Å². The number of methoxy groups -OCH3 is 2. The van der Waals surface area contributed by atoms with Gasteiger partial charge < -0.3 is 19.2 Å². The molecule has 2 aromatic carbocycles. The molecule has 0 unspecified atom stereocenters. The highest BCUT2D eigenvalue weighted by atomic mass is 35.5. The zero-order chi connectivity index (χ0) is 23.4. The molecule has 2 heterocycles. The molecule has 0 aliphatic rings. The van der Waals surface area contributed by atoms with Crippen molar-refractivity contribution in [2.45, 2.75) is 16.3 Å². The molecule has 0 amide bonds. The molecule has 7 nitrogen and oxygen atoms in total. The number of benzene rings is 2. The van der Waals surface area contributed by atoms with Crippen LogP contribution in [-0.4, -0.2) is 34.2 Å². The summed E-state index contributed by atoms with van der Waals surface area (Å²) >= 11 is 7.33. The van der Waals surface area contributed by atoms with E-state index in [4.69, 9.17) is 25.5 Å². The molecule has 0 radical (unpaired) electrons. The monoisotopic (exact) mass is 504 g/mol. The molecule has 172 valence electrons. The fraction of sp³-hybridized carbons (Fsp3) is 0.174. The highest BCUT2D eigenvalue weighted by molar-refractivity contribution is 7.91. The molecule has 10 heteroatoms. The summed E-state index contributed by atoms with van der Waals surface area (Å²) in [6, 6.07) is 15.3. The maximum Gasteiger partial charge on any atom is 0.240 e. The van der Waals surface area contributed by atoms with E-state index < -0.39 is 9.84 Å². The van der Waals surface area contributed by atoms with Gasteiger partial charge in [-0.15, -0.1) is 11.3 Å². The number of aromatic nitrogens is 1. The number of thiophene rings is 1. The van der Waals surface area contributed by atoms with Gasteiger partial charge in [0.15, 0.2) is 11.5 Å². The Labute approximate surface area is 200 Å². The third-order valence-corrected chi connectivity index (χ3v) is 7.64. The predicted molar refractivity (Wildman–Crippen MR) is 128 cm³/mol. The van der Waals surface area contributed by atoms with E-state index in [0.717, 1.165) is 10.4 Å². The smallest absolute Gasteiger partial charge is 0.240 e. The van der Waals surface area contributed by atoms with Gasteiger partial charge in [-0.05, 0) is 59.8 Å². The summed E-state index contributed by atoms with van der Waals surface area (Å²) < 4.78 is 43.1. The zero-order valence-electron chi connectivity index (χ0n) is 17.9. The summed E-state index contributed by atoms with van der Waals surface area (Å²) in [5.41, 5.74) is 0.986. The van der Waals surface area contributed by atoms with Gasteiger partial charge >= 0.3 is 0 Å². The van der Waals surface area contributed by atoms with Gasteiger partial charge in [0.2, 0.25) is 26.6 Å². The molecule has 1 N–H and O–H groups in total. The van der Waals surface area contributed by atoms with Crippen LogP contribution in [0.4, 0.5) is 5.88 Å². The molecule has 0 atom stereocenters. The van der Waals surface area contributed by atoms with Crippen molar-refractivity contribution in [2.75, 3.05) is 26.1 Å². The number of ether oxygens (including phenoxy) is 2. The molecule has 0 spiro atoms. The minimum atomic E-state index is -3.93. The maximum absolute atomic E-state index is 13.3. The van der Waals surface area contributed by atoms with E-state index in [9.17, 15) is 8.42 Å². The second kappa shape index (κ2) is 9.86. The number of hydrogen-bond donors (Lipinski definition) is 1. The molecule has 4 rings (SSSR count). The van der Waals surface area contributed by atoms with Crippen molar-refractivity contribution in [1.82, 2.24) is 4.98 Å². The van der Waals surface area contributed by atoms with E-state index in [2.05, 4.69) is 10.3 Å². The van der Waals surface area contributed by atoms with Gasteiger partial charge in [-0.2, -0.15) is 4.98 Å². The molecule has 2 aromatic heterocycles. The Morgan fingerprint density at radius 2 is 1.82 bits per heavy atom. The molecule has 0 saturated carbocycles. The van der Waals surface area contributed by atoms with Crippen LogP contribution < -0.4 is 14.8 Å². The van der Waals surface area contributed by atoms with Crippen molar-refractivity contribution >= 4 is 38.7 Å². The molecule has 0 fully saturated rings.